The van der Waals surface area contributed by atoms with Crippen LogP contribution in [0.3, 0.4) is 0 Å². The van der Waals surface area contributed by atoms with Crippen LogP contribution in [-0.4, -0.2) is 44.4 Å². The molecular weight excluding hydrogens is 400 g/mol. The van der Waals surface area contributed by atoms with Gasteiger partial charge < -0.3 is 25.1 Å². The number of aryl methyl sites for hydroxylation is 2. The lowest BCUT2D eigenvalue weighted by molar-refractivity contribution is 0.166. The van der Waals surface area contributed by atoms with Crippen molar-refractivity contribution < 1.29 is 9.47 Å². The molecule has 1 fully saturated rings. The molecule has 32 heavy (non-hydrogen) atoms. The Morgan fingerprint density at radius 3 is 2.94 bits per heavy atom. The van der Waals surface area contributed by atoms with E-state index in [1.54, 1.807) is 0 Å². The van der Waals surface area contributed by atoms with Gasteiger partial charge in [0.15, 0.2) is 5.96 Å². The fraction of sp³-hybridized carbons (Fsp3) is 0.423. The first-order valence-electron chi connectivity index (χ1n) is 11.5. The number of benzene rings is 2. The topological polar surface area (TPSA) is 70.7 Å². The number of H-pyrrole nitrogens is 1. The molecule has 2 aromatic carbocycles. The monoisotopic (exact) mass is 434 g/mol. The molecule has 6 heteroatoms. The zero-order chi connectivity index (χ0) is 22.2. The summed E-state index contributed by atoms with van der Waals surface area (Å²) < 4.78 is 11.6. The summed E-state index contributed by atoms with van der Waals surface area (Å²) in [4.78, 5) is 7.72. The first-order chi connectivity index (χ1) is 15.7. The lowest BCUT2D eigenvalue weighted by atomic mass is 10.1. The maximum Gasteiger partial charge on any atom is 0.191 e. The van der Waals surface area contributed by atoms with Crippen molar-refractivity contribution in [3.8, 4) is 5.75 Å². The summed E-state index contributed by atoms with van der Waals surface area (Å²) in [6, 6.07) is 14.8. The minimum Gasteiger partial charge on any atom is -0.493 e. The van der Waals surface area contributed by atoms with Crippen molar-refractivity contribution in [2.75, 3.05) is 33.4 Å². The van der Waals surface area contributed by atoms with Gasteiger partial charge in [-0.2, -0.15) is 0 Å². The zero-order valence-corrected chi connectivity index (χ0v) is 19.1. The number of rotatable bonds is 9. The van der Waals surface area contributed by atoms with E-state index < -0.39 is 0 Å². The summed E-state index contributed by atoms with van der Waals surface area (Å²) in [6.45, 7) is 5.97. The molecule has 1 aliphatic rings. The summed E-state index contributed by atoms with van der Waals surface area (Å²) in [5.41, 5.74) is 4.89. The van der Waals surface area contributed by atoms with Gasteiger partial charge in [0.2, 0.25) is 0 Å². The van der Waals surface area contributed by atoms with Crippen LogP contribution in [0.25, 0.3) is 10.9 Å². The van der Waals surface area contributed by atoms with Gasteiger partial charge in [-0.25, -0.2) is 0 Å². The van der Waals surface area contributed by atoms with Crippen LogP contribution >= 0.6 is 0 Å². The van der Waals surface area contributed by atoms with Gasteiger partial charge in [-0.05, 0) is 49.4 Å². The van der Waals surface area contributed by atoms with Crippen LogP contribution in [0.15, 0.2) is 53.7 Å². The SMILES string of the molecule is CN=C(NCCCc1c[nH]c2ccccc12)NCc1ccc(C)cc1OCC1CCOC1. The highest BCUT2D eigenvalue weighted by Gasteiger charge is 2.17. The average Bonchev–Trinajstić information content (AvgIpc) is 3.48. The second-order valence-corrected chi connectivity index (χ2v) is 8.47. The third kappa shape index (κ3) is 5.82. The molecule has 170 valence electrons. The Balaban J connectivity index is 1.25. The number of aromatic nitrogens is 1. The molecule has 6 nitrogen and oxygen atoms in total. The van der Waals surface area contributed by atoms with E-state index in [9.17, 15) is 0 Å². The smallest absolute Gasteiger partial charge is 0.191 e. The van der Waals surface area contributed by atoms with Gasteiger partial charge in [-0.15, -0.1) is 0 Å². The molecule has 0 saturated carbocycles. The van der Waals surface area contributed by atoms with E-state index in [-0.39, 0.29) is 0 Å². The van der Waals surface area contributed by atoms with Gasteiger partial charge >= 0.3 is 0 Å². The minimum absolute atomic E-state index is 0.489. The van der Waals surface area contributed by atoms with Crippen molar-refractivity contribution in [3.05, 3.63) is 65.4 Å². The molecule has 0 bridgehead atoms. The number of hydrogen-bond donors (Lipinski definition) is 3. The first-order valence-corrected chi connectivity index (χ1v) is 11.5. The van der Waals surface area contributed by atoms with Gasteiger partial charge in [-0.3, -0.25) is 4.99 Å². The number of para-hydroxylation sites is 1. The molecule has 0 aliphatic carbocycles. The van der Waals surface area contributed by atoms with Crippen LogP contribution in [0.5, 0.6) is 5.75 Å². The van der Waals surface area contributed by atoms with E-state index in [1.807, 2.05) is 7.05 Å². The second-order valence-electron chi connectivity index (χ2n) is 8.47. The Bertz CT molecular complexity index is 1040. The Labute approximate surface area is 190 Å². The van der Waals surface area contributed by atoms with Gasteiger partial charge in [-0.1, -0.05) is 30.3 Å². The van der Waals surface area contributed by atoms with Crippen LogP contribution in [-0.2, 0) is 17.7 Å². The number of nitrogens with one attached hydrogen (secondary N) is 3. The van der Waals surface area contributed by atoms with Crippen molar-refractivity contribution in [3.63, 3.8) is 0 Å². The molecule has 1 aromatic heterocycles. The van der Waals surface area contributed by atoms with E-state index in [0.717, 1.165) is 56.3 Å². The van der Waals surface area contributed by atoms with E-state index in [1.165, 1.54) is 22.0 Å². The highest BCUT2D eigenvalue weighted by Crippen LogP contribution is 2.23. The summed E-state index contributed by atoms with van der Waals surface area (Å²) >= 11 is 0. The predicted molar refractivity (Wildman–Crippen MR) is 130 cm³/mol. The summed E-state index contributed by atoms with van der Waals surface area (Å²) in [6.07, 6.45) is 5.25. The highest BCUT2D eigenvalue weighted by molar-refractivity contribution is 5.83. The lowest BCUT2D eigenvalue weighted by Gasteiger charge is -2.17. The Hall–Kier alpha value is -2.99. The molecular formula is C26H34N4O2. The molecule has 3 aromatic rings. The highest BCUT2D eigenvalue weighted by atomic mass is 16.5. The number of hydrogen-bond acceptors (Lipinski definition) is 3. The Kier molecular flexibility index (Phi) is 7.67. The quantitative estimate of drug-likeness (QED) is 0.268. The summed E-state index contributed by atoms with van der Waals surface area (Å²) in [5, 5.41) is 8.17. The number of aromatic amines is 1. The number of aliphatic imine (C=N–C) groups is 1. The Morgan fingerprint density at radius 1 is 1.19 bits per heavy atom. The van der Waals surface area contributed by atoms with Crippen LogP contribution in [0.2, 0.25) is 0 Å². The van der Waals surface area contributed by atoms with Crippen molar-refractivity contribution in [1.29, 1.82) is 0 Å². The van der Waals surface area contributed by atoms with Crippen molar-refractivity contribution in [2.45, 2.75) is 32.7 Å². The average molecular weight is 435 g/mol. The summed E-state index contributed by atoms with van der Waals surface area (Å²) in [7, 11) is 1.81. The van der Waals surface area contributed by atoms with E-state index in [0.29, 0.717) is 19.1 Å². The number of ether oxygens (including phenoxy) is 2. The summed E-state index contributed by atoms with van der Waals surface area (Å²) in [5.74, 6) is 2.24. The van der Waals surface area contributed by atoms with E-state index in [4.69, 9.17) is 9.47 Å². The fourth-order valence-corrected chi connectivity index (χ4v) is 4.09. The van der Waals surface area contributed by atoms with Gasteiger partial charge in [0, 0.05) is 55.3 Å². The molecule has 1 aliphatic heterocycles. The zero-order valence-electron chi connectivity index (χ0n) is 19.1. The second kappa shape index (κ2) is 11.0. The molecule has 0 radical (unpaired) electrons. The fourth-order valence-electron chi connectivity index (χ4n) is 4.09. The minimum atomic E-state index is 0.489. The maximum atomic E-state index is 6.16. The van der Waals surface area contributed by atoms with Gasteiger partial charge in [0.05, 0.1) is 13.2 Å². The van der Waals surface area contributed by atoms with Crippen LogP contribution < -0.4 is 15.4 Å². The molecule has 1 saturated heterocycles. The molecule has 3 N–H and O–H groups in total. The van der Waals surface area contributed by atoms with E-state index >= 15 is 0 Å². The lowest BCUT2D eigenvalue weighted by Crippen LogP contribution is -2.37. The predicted octanol–water partition coefficient (Wildman–Crippen LogP) is 4.19. The largest absolute Gasteiger partial charge is 0.493 e. The molecule has 0 amide bonds. The number of fused-ring (bicyclic) bond motifs is 1. The molecule has 0 spiro atoms. The molecule has 4 rings (SSSR count). The van der Waals surface area contributed by atoms with Crippen LogP contribution in [0, 0.1) is 12.8 Å². The van der Waals surface area contributed by atoms with Crippen molar-refractivity contribution >= 4 is 16.9 Å². The Morgan fingerprint density at radius 2 is 2.09 bits per heavy atom. The van der Waals surface area contributed by atoms with Crippen LogP contribution in [0.4, 0.5) is 0 Å². The third-order valence-corrected chi connectivity index (χ3v) is 5.98. The van der Waals surface area contributed by atoms with Crippen molar-refractivity contribution in [2.24, 2.45) is 10.9 Å². The number of nitrogens with zero attached hydrogens (tertiary/aromatic N) is 1. The maximum absolute atomic E-state index is 6.16. The standard InChI is InChI=1S/C26H34N4O2/c1-19-9-10-22(25(14-19)32-18-20-11-13-31-17-20)16-30-26(27-2)28-12-5-6-21-15-29-24-8-4-3-7-23(21)24/h3-4,7-10,14-15,20,29H,5-6,11-13,16-18H2,1-2H3,(H2,27,28,30). The van der Waals surface area contributed by atoms with Crippen molar-refractivity contribution in [1.82, 2.24) is 15.6 Å². The molecule has 1 unspecified atom stereocenters. The van der Waals surface area contributed by atoms with Gasteiger partial charge in [0.1, 0.15) is 5.75 Å². The van der Waals surface area contributed by atoms with E-state index in [2.05, 4.69) is 76.2 Å². The third-order valence-electron chi connectivity index (χ3n) is 5.98. The first kappa shape index (κ1) is 22.2. The normalized spacial score (nSPS) is 16.4. The van der Waals surface area contributed by atoms with Gasteiger partial charge in [0.25, 0.3) is 0 Å². The number of guanidine groups is 1. The molecule has 2 heterocycles. The van der Waals surface area contributed by atoms with Crippen LogP contribution in [0.1, 0.15) is 29.5 Å². The molecule has 1 atom stereocenters.